The largest absolute Gasteiger partial charge is 0.312 e. The van der Waals surface area contributed by atoms with E-state index in [9.17, 15) is 18.0 Å². The lowest BCUT2D eigenvalue weighted by Crippen LogP contribution is -2.27. The van der Waals surface area contributed by atoms with Crippen LogP contribution in [-0.4, -0.2) is 12.5 Å². The van der Waals surface area contributed by atoms with E-state index in [2.05, 4.69) is 0 Å². The first-order valence-electron chi connectivity index (χ1n) is 10.4. The van der Waals surface area contributed by atoms with E-state index in [0.717, 1.165) is 60.5 Å². The van der Waals surface area contributed by atoms with Gasteiger partial charge in [0.25, 0.3) is 0 Å². The Hall–Kier alpha value is -2.77. The lowest BCUT2D eigenvalue weighted by Gasteiger charge is -2.16. The fraction of sp³-hybridized carbons (Fsp3) is 0.240. The van der Waals surface area contributed by atoms with Gasteiger partial charge in [-0.2, -0.15) is 0 Å². The predicted octanol–water partition coefficient (Wildman–Crippen LogP) is 5.82. The Kier molecular flexibility index (Phi) is 6.58. The van der Waals surface area contributed by atoms with Crippen molar-refractivity contribution in [3.05, 3.63) is 82.7 Å². The molecule has 0 saturated carbocycles. The molecular weight excluding hydrogens is 433 g/mol. The zero-order valence-corrected chi connectivity index (χ0v) is 18.4. The molecule has 0 spiro atoms. The van der Waals surface area contributed by atoms with Crippen LogP contribution in [0.3, 0.4) is 0 Å². The fourth-order valence-corrected chi connectivity index (χ4v) is 4.70. The molecule has 1 atom stereocenters. The minimum atomic E-state index is -0.401. The number of amides is 1. The van der Waals surface area contributed by atoms with E-state index in [1.54, 1.807) is 11.0 Å². The number of carbonyl (C=O) groups excluding carboxylic acids is 1. The number of fused-ring (bicyclic) bond motifs is 2. The summed E-state index contributed by atoms with van der Waals surface area (Å²) in [6.07, 6.45) is 4.77. The molecule has 166 valence electrons. The van der Waals surface area contributed by atoms with Gasteiger partial charge in [0.15, 0.2) is 0 Å². The monoisotopic (exact) mass is 456 g/mol. The SMILES string of the molecule is CC1Cc2cc(F)c(SN)cc2N1C=O.Fc1ccc(F)c(-c2ccc3c(c2)CCC3)c1. The summed E-state index contributed by atoms with van der Waals surface area (Å²) in [4.78, 5) is 12.8. The van der Waals surface area contributed by atoms with Gasteiger partial charge >= 0.3 is 0 Å². The highest BCUT2D eigenvalue weighted by atomic mass is 32.2. The van der Waals surface area contributed by atoms with Gasteiger partial charge in [0.1, 0.15) is 17.5 Å². The topological polar surface area (TPSA) is 46.3 Å². The van der Waals surface area contributed by atoms with Gasteiger partial charge < -0.3 is 4.90 Å². The molecule has 0 bridgehead atoms. The number of benzene rings is 3. The summed E-state index contributed by atoms with van der Waals surface area (Å²) in [7, 11) is 0. The van der Waals surface area contributed by atoms with Crippen LogP contribution in [0, 0.1) is 17.5 Å². The van der Waals surface area contributed by atoms with Crippen LogP contribution in [0.15, 0.2) is 53.4 Å². The third kappa shape index (κ3) is 4.40. The average molecular weight is 457 g/mol. The number of halogens is 3. The number of aryl methyl sites for hydroxylation is 2. The van der Waals surface area contributed by atoms with Gasteiger partial charge in [-0.3, -0.25) is 9.93 Å². The maximum Gasteiger partial charge on any atom is 0.214 e. The van der Waals surface area contributed by atoms with Gasteiger partial charge in [0, 0.05) is 17.3 Å². The van der Waals surface area contributed by atoms with Crippen LogP contribution in [0.25, 0.3) is 11.1 Å². The van der Waals surface area contributed by atoms with E-state index in [0.29, 0.717) is 16.9 Å². The number of anilines is 1. The Bertz CT molecular complexity index is 1170. The van der Waals surface area contributed by atoms with Crippen LogP contribution in [0.4, 0.5) is 18.9 Å². The molecule has 32 heavy (non-hydrogen) atoms. The van der Waals surface area contributed by atoms with Crippen molar-refractivity contribution in [2.24, 2.45) is 5.14 Å². The number of nitrogens with two attached hydrogens (primary N) is 1. The summed E-state index contributed by atoms with van der Waals surface area (Å²) in [5.74, 6) is -1.09. The van der Waals surface area contributed by atoms with E-state index in [4.69, 9.17) is 5.14 Å². The molecule has 0 aromatic heterocycles. The summed E-state index contributed by atoms with van der Waals surface area (Å²) in [6.45, 7) is 1.93. The van der Waals surface area contributed by atoms with Crippen LogP contribution >= 0.6 is 11.9 Å². The molecule has 3 aromatic carbocycles. The smallest absolute Gasteiger partial charge is 0.214 e. The molecule has 2 aliphatic rings. The minimum absolute atomic E-state index is 0.0925. The van der Waals surface area contributed by atoms with Crippen LogP contribution in [0.1, 0.15) is 30.0 Å². The summed E-state index contributed by atoms with van der Waals surface area (Å²) in [5, 5.41) is 5.34. The Morgan fingerprint density at radius 1 is 0.969 bits per heavy atom. The van der Waals surface area contributed by atoms with Crippen molar-refractivity contribution in [2.45, 2.75) is 43.5 Å². The van der Waals surface area contributed by atoms with E-state index in [1.807, 2.05) is 25.1 Å². The van der Waals surface area contributed by atoms with Gasteiger partial charge in [-0.25, -0.2) is 13.2 Å². The lowest BCUT2D eigenvalue weighted by atomic mass is 10.00. The maximum absolute atomic E-state index is 13.6. The van der Waals surface area contributed by atoms with Crippen molar-refractivity contribution in [3.8, 4) is 11.1 Å². The van der Waals surface area contributed by atoms with Gasteiger partial charge in [0.2, 0.25) is 6.41 Å². The van der Waals surface area contributed by atoms with E-state index >= 15 is 0 Å². The highest BCUT2D eigenvalue weighted by Crippen LogP contribution is 2.35. The van der Waals surface area contributed by atoms with E-state index in [-0.39, 0.29) is 17.7 Å². The van der Waals surface area contributed by atoms with E-state index in [1.165, 1.54) is 29.3 Å². The molecule has 3 aromatic rings. The first-order chi connectivity index (χ1) is 15.4. The first kappa shape index (κ1) is 22.4. The summed E-state index contributed by atoms with van der Waals surface area (Å²) < 4.78 is 40.2. The van der Waals surface area contributed by atoms with Crippen molar-refractivity contribution < 1.29 is 18.0 Å². The molecule has 1 heterocycles. The zero-order valence-electron chi connectivity index (χ0n) is 17.6. The Balaban J connectivity index is 0.000000155. The second kappa shape index (κ2) is 9.38. The number of rotatable bonds is 3. The van der Waals surface area contributed by atoms with Crippen molar-refractivity contribution >= 4 is 24.0 Å². The summed E-state index contributed by atoms with van der Waals surface area (Å²) in [5.41, 5.74) is 5.36. The number of hydrogen-bond donors (Lipinski definition) is 1. The molecule has 1 aliphatic carbocycles. The summed E-state index contributed by atoms with van der Waals surface area (Å²) in [6, 6.07) is 12.7. The van der Waals surface area contributed by atoms with Gasteiger partial charge in [-0.15, -0.1) is 0 Å². The van der Waals surface area contributed by atoms with Crippen LogP contribution in [0.2, 0.25) is 0 Å². The van der Waals surface area contributed by atoms with Crippen molar-refractivity contribution in [2.75, 3.05) is 4.90 Å². The molecule has 0 saturated heterocycles. The molecule has 3 nitrogen and oxygen atoms in total. The second-order valence-corrected chi connectivity index (χ2v) is 8.73. The highest BCUT2D eigenvalue weighted by molar-refractivity contribution is 7.97. The fourth-order valence-electron chi connectivity index (χ4n) is 4.35. The molecule has 5 rings (SSSR count). The first-order valence-corrected chi connectivity index (χ1v) is 11.3. The van der Waals surface area contributed by atoms with Crippen LogP contribution in [0.5, 0.6) is 0 Å². The number of nitrogens with zero attached hydrogens (tertiary/aromatic N) is 1. The lowest BCUT2D eigenvalue weighted by molar-refractivity contribution is -0.107. The molecule has 1 unspecified atom stereocenters. The van der Waals surface area contributed by atoms with Crippen molar-refractivity contribution in [1.82, 2.24) is 0 Å². The predicted molar refractivity (Wildman–Crippen MR) is 122 cm³/mol. The third-order valence-corrected chi connectivity index (χ3v) is 6.55. The van der Waals surface area contributed by atoms with Gasteiger partial charge in [0.05, 0.1) is 4.90 Å². The van der Waals surface area contributed by atoms with Crippen LogP contribution < -0.4 is 10.0 Å². The Labute approximate surface area is 189 Å². The molecular formula is C25H23F3N2OS. The Morgan fingerprint density at radius 3 is 2.50 bits per heavy atom. The van der Waals surface area contributed by atoms with Crippen molar-refractivity contribution in [3.63, 3.8) is 0 Å². The Morgan fingerprint density at radius 2 is 1.75 bits per heavy atom. The highest BCUT2D eigenvalue weighted by Gasteiger charge is 2.27. The second-order valence-electron chi connectivity index (χ2n) is 8.06. The molecule has 1 amide bonds. The number of carbonyl (C=O) groups is 1. The molecule has 1 aliphatic heterocycles. The quantitative estimate of drug-likeness (QED) is 0.399. The molecule has 2 N–H and O–H groups in total. The maximum atomic E-state index is 13.6. The molecule has 0 radical (unpaired) electrons. The average Bonchev–Trinajstić information content (AvgIpc) is 3.37. The van der Waals surface area contributed by atoms with Crippen LogP contribution in [-0.2, 0) is 24.1 Å². The summed E-state index contributed by atoms with van der Waals surface area (Å²) >= 11 is 0.858. The minimum Gasteiger partial charge on any atom is -0.312 e. The third-order valence-electron chi connectivity index (χ3n) is 5.98. The van der Waals surface area contributed by atoms with E-state index < -0.39 is 5.82 Å². The van der Waals surface area contributed by atoms with Crippen molar-refractivity contribution in [1.29, 1.82) is 0 Å². The number of hydrogen-bond acceptors (Lipinski definition) is 3. The van der Waals surface area contributed by atoms with Gasteiger partial charge in [-0.05, 0) is 97.1 Å². The molecule has 0 fully saturated rings. The molecule has 7 heteroatoms. The van der Waals surface area contributed by atoms with Gasteiger partial charge in [-0.1, -0.05) is 18.2 Å². The zero-order chi connectivity index (χ0) is 22.8. The standard InChI is InChI=1S/C15H12F2.C10H11FN2OS/c16-13-6-7-15(17)14(9-13)12-5-4-10-2-1-3-11(10)8-12;1-6-2-7-3-8(11)10(15-12)4-9(7)13(6)5-14/h4-9H,1-3H2;3-6H,2,12H2,1H3. The normalized spacial score (nSPS) is 16.3.